The maximum atomic E-state index is 14.8. The summed E-state index contributed by atoms with van der Waals surface area (Å²) in [4.78, 5) is 112. The van der Waals surface area contributed by atoms with Gasteiger partial charge in [0.05, 0.1) is 12.5 Å². The van der Waals surface area contributed by atoms with Gasteiger partial charge in [0.25, 0.3) is 11.8 Å². The predicted molar refractivity (Wildman–Crippen MR) is 226 cm³/mol. The average Bonchev–Trinajstić information content (AvgIpc) is 3.66. The van der Waals surface area contributed by atoms with Crippen molar-refractivity contribution in [1.29, 1.82) is 0 Å². The van der Waals surface area contributed by atoms with E-state index in [0.717, 1.165) is 16.5 Å². The van der Waals surface area contributed by atoms with Crippen molar-refractivity contribution in [2.45, 2.75) is 137 Å². The van der Waals surface area contributed by atoms with Crippen LogP contribution in [-0.4, -0.2) is 116 Å². The lowest BCUT2D eigenvalue weighted by Gasteiger charge is -2.42. The fourth-order valence-corrected chi connectivity index (χ4v) is 7.33. The molecular formula is C44H64N6O11. The van der Waals surface area contributed by atoms with Gasteiger partial charge in [-0.05, 0) is 57.1 Å². The Morgan fingerprint density at radius 2 is 1.48 bits per heavy atom. The van der Waals surface area contributed by atoms with Crippen LogP contribution in [0.15, 0.2) is 42.1 Å². The van der Waals surface area contributed by atoms with Gasteiger partial charge in [0.2, 0.25) is 17.7 Å². The van der Waals surface area contributed by atoms with Gasteiger partial charge in [0, 0.05) is 62.1 Å². The average molecular weight is 853 g/mol. The Kier molecular flexibility index (Phi) is 15.7. The Bertz CT molecular complexity index is 2040. The third kappa shape index (κ3) is 12.2. The molecule has 17 heteroatoms. The van der Waals surface area contributed by atoms with E-state index in [9.17, 15) is 43.5 Å². The van der Waals surface area contributed by atoms with Crippen LogP contribution in [0.4, 0.5) is 4.79 Å². The Balaban J connectivity index is 1.91. The number of aromatic nitrogens is 1. The molecule has 61 heavy (non-hydrogen) atoms. The molecule has 1 aromatic heterocycles. The van der Waals surface area contributed by atoms with Crippen LogP contribution in [0, 0.1) is 11.3 Å². The topological polar surface area (TPSA) is 214 Å². The van der Waals surface area contributed by atoms with E-state index in [1.165, 1.54) is 29.8 Å². The van der Waals surface area contributed by atoms with E-state index in [1.54, 1.807) is 48.6 Å². The van der Waals surface area contributed by atoms with Crippen LogP contribution in [0.5, 0.6) is 0 Å². The van der Waals surface area contributed by atoms with Gasteiger partial charge in [-0.2, -0.15) is 0 Å². The molecule has 1 aromatic carbocycles. The van der Waals surface area contributed by atoms with E-state index in [4.69, 9.17) is 9.57 Å². The molecule has 4 unspecified atom stereocenters. The van der Waals surface area contributed by atoms with Crippen LogP contribution in [0.3, 0.4) is 0 Å². The summed E-state index contributed by atoms with van der Waals surface area (Å²) in [6, 6.07) is 3.18. The van der Waals surface area contributed by atoms with E-state index in [2.05, 4.69) is 10.6 Å². The molecule has 17 nitrogen and oxygen atoms in total. The molecule has 1 fully saturated rings. The lowest BCUT2D eigenvalue weighted by Crippen LogP contribution is -2.63. The van der Waals surface area contributed by atoms with Gasteiger partial charge >= 0.3 is 18.0 Å². The summed E-state index contributed by atoms with van der Waals surface area (Å²) in [7, 11) is 4.95. The number of carboxylic acid groups (broad SMARTS) is 1. The molecular weight excluding hydrogens is 789 g/mol. The molecule has 6 amide bonds. The van der Waals surface area contributed by atoms with Crippen molar-refractivity contribution < 1.29 is 53.0 Å². The third-order valence-electron chi connectivity index (χ3n) is 10.7. The predicted octanol–water partition coefficient (Wildman–Crippen LogP) is 4.61. The summed E-state index contributed by atoms with van der Waals surface area (Å²) < 4.78 is 7.68. The highest BCUT2D eigenvalue weighted by Crippen LogP contribution is 2.37. The largest absolute Gasteiger partial charge is 0.480 e. The first kappa shape index (κ1) is 49.6. The quantitative estimate of drug-likeness (QED) is 0.157. The maximum Gasteiger partial charge on any atom is 0.410 e. The molecule has 3 rings (SSSR count). The van der Waals surface area contributed by atoms with Gasteiger partial charge in [0.1, 0.15) is 23.7 Å². The van der Waals surface area contributed by atoms with E-state index in [1.807, 2.05) is 69.8 Å². The fraction of sp³-hybridized carbons (Fsp3) is 0.591. The first-order chi connectivity index (χ1) is 28.0. The number of benzene rings is 1. The summed E-state index contributed by atoms with van der Waals surface area (Å²) in [5.41, 5.74) is -0.940. The minimum Gasteiger partial charge on any atom is -0.480 e. The molecule has 0 saturated carbocycles. The summed E-state index contributed by atoms with van der Waals surface area (Å²) in [6.07, 6.45) is 1.61. The van der Waals surface area contributed by atoms with Crippen LogP contribution in [-0.2, 0) is 55.6 Å². The highest BCUT2D eigenvalue weighted by atomic mass is 16.7. The SMILES string of the molecule is C/C(=C\C(C(C)C)N(C)C(=O)C(NC(=O)C(N(C)C(=O)OC(C)(C)C)C(C)(C)c1cn(C)c2ccccc12)C(C)(C)C)C(=O)NC(CCC(=O)ON1C(=O)CCC1=O)C(=O)O. The second-order valence-corrected chi connectivity index (χ2v) is 18.7. The smallest absolute Gasteiger partial charge is 0.410 e. The number of nitrogens with one attached hydrogen (secondary N) is 2. The van der Waals surface area contributed by atoms with Crippen molar-refractivity contribution in [2.24, 2.45) is 18.4 Å². The second-order valence-electron chi connectivity index (χ2n) is 18.7. The van der Waals surface area contributed by atoms with Crippen LogP contribution in [0.2, 0.25) is 0 Å². The molecule has 0 radical (unpaired) electrons. The molecule has 2 aromatic rings. The van der Waals surface area contributed by atoms with Crippen molar-refractivity contribution in [3.05, 3.63) is 47.7 Å². The number of ether oxygens (including phenoxy) is 1. The molecule has 1 aliphatic heterocycles. The Morgan fingerprint density at radius 1 is 0.902 bits per heavy atom. The standard InChI is InChI=1S/C44H64N6O11/c1-25(2)31(23-26(3)37(54)45-29(40(57)58)19-22-34(53)61-50-32(51)20-21-33(50)52)48(13)39(56)35(42(4,5)6)46-38(55)36(49(14)41(59)60-43(7,8)9)44(10,11)28-24-47(12)30-18-16-15-17-27(28)30/h15-18,23-25,29,31,35-36H,19-22H2,1-14H3,(H,45,54)(H,46,55)(H,57,58)/b26-23+. The molecule has 1 aliphatic rings. The lowest BCUT2D eigenvalue weighted by atomic mass is 9.76. The van der Waals surface area contributed by atoms with E-state index in [0.29, 0.717) is 5.06 Å². The van der Waals surface area contributed by atoms with E-state index in [-0.39, 0.29) is 24.3 Å². The number of nitrogens with zero attached hydrogens (tertiary/aromatic N) is 4. The number of fused-ring (bicyclic) bond motifs is 1. The first-order valence-corrected chi connectivity index (χ1v) is 20.4. The number of amides is 6. The number of imide groups is 1. The normalized spacial score (nSPS) is 15.9. The zero-order chi connectivity index (χ0) is 46.5. The van der Waals surface area contributed by atoms with Crippen molar-refractivity contribution in [2.75, 3.05) is 14.1 Å². The number of hydrogen-bond acceptors (Lipinski definition) is 10. The number of hydroxylamine groups is 2. The Labute approximate surface area is 358 Å². The van der Waals surface area contributed by atoms with Crippen LogP contribution in [0.1, 0.15) is 107 Å². The molecule has 2 heterocycles. The Morgan fingerprint density at radius 3 is 2.00 bits per heavy atom. The third-order valence-corrected chi connectivity index (χ3v) is 10.7. The van der Waals surface area contributed by atoms with E-state index < -0.39 is 101 Å². The number of hydrogen-bond donors (Lipinski definition) is 3. The maximum absolute atomic E-state index is 14.8. The van der Waals surface area contributed by atoms with Gasteiger partial charge in [-0.1, -0.05) is 72.7 Å². The number of aliphatic carboxylic acids is 1. The van der Waals surface area contributed by atoms with Gasteiger partial charge in [-0.25, -0.2) is 14.4 Å². The number of carbonyl (C=O) groups excluding carboxylic acids is 7. The first-order valence-electron chi connectivity index (χ1n) is 20.4. The van der Waals surface area contributed by atoms with E-state index >= 15 is 0 Å². The van der Waals surface area contributed by atoms with Crippen molar-refractivity contribution in [1.82, 2.24) is 30.1 Å². The van der Waals surface area contributed by atoms with Gasteiger partial charge in [0.15, 0.2) is 0 Å². The van der Waals surface area contributed by atoms with Gasteiger partial charge in [-0.3, -0.25) is 28.9 Å². The molecule has 0 spiro atoms. The molecule has 0 bridgehead atoms. The van der Waals surface area contributed by atoms with Crippen molar-refractivity contribution >= 4 is 58.5 Å². The number of aryl methyl sites for hydroxylation is 1. The zero-order valence-corrected chi connectivity index (χ0v) is 38.0. The highest BCUT2D eigenvalue weighted by molar-refractivity contribution is 6.01. The summed E-state index contributed by atoms with van der Waals surface area (Å²) in [5.74, 6) is -5.94. The summed E-state index contributed by atoms with van der Waals surface area (Å²) in [5, 5.41) is 16.5. The minimum absolute atomic E-state index is 0.0765. The van der Waals surface area contributed by atoms with Crippen LogP contribution >= 0.6 is 0 Å². The van der Waals surface area contributed by atoms with Crippen molar-refractivity contribution in [3.8, 4) is 0 Å². The molecule has 336 valence electrons. The number of carbonyl (C=O) groups is 8. The number of rotatable bonds is 16. The number of likely N-dealkylation sites (N-methyl/N-ethyl adjacent to an activating group) is 2. The lowest BCUT2D eigenvalue weighted by molar-refractivity contribution is -0.197. The highest BCUT2D eigenvalue weighted by Gasteiger charge is 2.47. The number of para-hydroxylation sites is 1. The summed E-state index contributed by atoms with van der Waals surface area (Å²) in [6.45, 7) is 19.4. The second kappa shape index (κ2) is 19.3. The van der Waals surface area contributed by atoms with Gasteiger partial charge < -0.3 is 34.8 Å². The molecule has 0 aliphatic carbocycles. The van der Waals surface area contributed by atoms with Crippen LogP contribution < -0.4 is 10.6 Å². The molecule has 1 saturated heterocycles. The van der Waals surface area contributed by atoms with Gasteiger partial charge in [-0.15, -0.1) is 5.06 Å². The zero-order valence-electron chi connectivity index (χ0n) is 38.0. The monoisotopic (exact) mass is 852 g/mol. The Hall–Kier alpha value is -5.74. The van der Waals surface area contributed by atoms with Crippen molar-refractivity contribution in [3.63, 3.8) is 0 Å². The fourth-order valence-electron chi connectivity index (χ4n) is 7.33. The minimum atomic E-state index is -1.53. The van der Waals surface area contributed by atoms with Crippen LogP contribution in [0.25, 0.3) is 10.9 Å². The number of carboxylic acids is 1. The molecule has 4 atom stereocenters. The molecule has 3 N–H and O–H groups in total. The summed E-state index contributed by atoms with van der Waals surface area (Å²) >= 11 is 0.